The zero-order valence-electron chi connectivity index (χ0n) is 13.4. The molecular weight excluding hydrogens is 354 g/mol. The molecule has 2 unspecified atom stereocenters. The summed E-state index contributed by atoms with van der Waals surface area (Å²) in [6.45, 7) is 0. The molecular formula is C18H17N3O2S2. The van der Waals surface area contributed by atoms with Crippen molar-refractivity contribution in [2.24, 2.45) is 4.99 Å². The summed E-state index contributed by atoms with van der Waals surface area (Å²) in [5.74, 6) is 0.928. The van der Waals surface area contributed by atoms with Crippen molar-refractivity contribution >= 4 is 34.8 Å². The molecule has 0 spiro atoms. The first-order valence-electron chi connectivity index (χ1n) is 7.90. The van der Waals surface area contributed by atoms with Crippen LogP contribution in [0.4, 0.5) is 5.69 Å². The van der Waals surface area contributed by atoms with Gasteiger partial charge in [0.15, 0.2) is 0 Å². The molecule has 5 nitrogen and oxygen atoms in total. The number of thioether (sulfide) groups is 1. The molecule has 25 heavy (non-hydrogen) atoms. The standard InChI is InChI=1S/C18H17N3O2S2/c22-21(23)15-8-6-13(7-9-15)10-16(19-12-24)17-11-25-18(20-17)14-4-2-1-3-5-14/h1-9,16-18,20H,10-11H2/t16-,17?,18?/m0/s1. The molecule has 0 bridgehead atoms. The van der Waals surface area contributed by atoms with Crippen molar-refractivity contribution < 1.29 is 4.92 Å². The maximum Gasteiger partial charge on any atom is 0.269 e. The van der Waals surface area contributed by atoms with Crippen molar-refractivity contribution in [3.8, 4) is 0 Å². The van der Waals surface area contributed by atoms with Crippen LogP contribution in [-0.2, 0) is 6.42 Å². The van der Waals surface area contributed by atoms with Crippen molar-refractivity contribution in [1.82, 2.24) is 5.32 Å². The smallest absolute Gasteiger partial charge is 0.269 e. The highest BCUT2D eigenvalue weighted by molar-refractivity contribution is 7.99. The lowest BCUT2D eigenvalue weighted by molar-refractivity contribution is -0.384. The minimum absolute atomic E-state index is 0.0415. The average Bonchev–Trinajstić information content (AvgIpc) is 3.13. The van der Waals surface area contributed by atoms with Crippen molar-refractivity contribution in [3.05, 3.63) is 75.8 Å². The molecule has 1 aliphatic heterocycles. The third-order valence-electron chi connectivity index (χ3n) is 4.19. The molecule has 3 rings (SSSR count). The van der Waals surface area contributed by atoms with Gasteiger partial charge in [0.2, 0.25) is 0 Å². The molecule has 2 aromatic rings. The van der Waals surface area contributed by atoms with Crippen molar-refractivity contribution in [2.45, 2.75) is 23.9 Å². The van der Waals surface area contributed by atoms with Crippen LogP contribution in [0.1, 0.15) is 16.5 Å². The van der Waals surface area contributed by atoms with E-state index in [1.807, 2.05) is 30.0 Å². The predicted octanol–water partition coefficient (Wildman–Crippen LogP) is 4.01. The summed E-state index contributed by atoms with van der Waals surface area (Å²) in [6, 6.07) is 17.1. The SMILES string of the molecule is O=[N+]([O-])c1ccc(C[C@H](N=C=S)C2CSC(c3ccccc3)N2)cc1. The van der Waals surface area contributed by atoms with E-state index in [0.717, 1.165) is 11.3 Å². The van der Waals surface area contributed by atoms with Crippen LogP contribution in [0.25, 0.3) is 0 Å². The minimum atomic E-state index is -0.393. The van der Waals surface area contributed by atoms with Crippen LogP contribution >= 0.6 is 24.0 Å². The number of non-ortho nitro benzene ring substituents is 1. The predicted molar refractivity (Wildman–Crippen MR) is 104 cm³/mol. The number of rotatable bonds is 6. The Balaban J connectivity index is 1.69. The Morgan fingerprint density at radius 1 is 1.28 bits per heavy atom. The van der Waals surface area contributed by atoms with Crippen molar-refractivity contribution in [1.29, 1.82) is 0 Å². The summed E-state index contributed by atoms with van der Waals surface area (Å²) >= 11 is 6.67. The highest BCUT2D eigenvalue weighted by atomic mass is 32.2. The fraction of sp³-hybridized carbons (Fsp3) is 0.278. The van der Waals surface area contributed by atoms with E-state index in [4.69, 9.17) is 12.2 Å². The van der Waals surface area contributed by atoms with Crippen LogP contribution in [0.5, 0.6) is 0 Å². The second kappa shape index (κ2) is 8.36. The van der Waals surface area contributed by atoms with Gasteiger partial charge in [0.1, 0.15) is 0 Å². The number of nitrogens with one attached hydrogen (secondary N) is 1. The van der Waals surface area contributed by atoms with Crippen LogP contribution in [0.15, 0.2) is 59.6 Å². The molecule has 1 aliphatic rings. The molecule has 128 valence electrons. The van der Waals surface area contributed by atoms with Crippen LogP contribution in [-0.4, -0.2) is 27.9 Å². The molecule has 0 amide bonds. The second-order valence-electron chi connectivity index (χ2n) is 5.81. The fourth-order valence-corrected chi connectivity index (χ4v) is 4.35. The zero-order valence-corrected chi connectivity index (χ0v) is 15.0. The summed E-state index contributed by atoms with van der Waals surface area (Å²) < 4.78 is 0. The summed E-state index contributed by atoms with van der Waals surface area (Å²) in [5.41, 5.74) is 2.34. The van der Waals surface area contributed by atoms with Gasteiger partial charge in [-0.3, -0.25) is 15.4 Å². The van der Waals surface area contributed by atoms with Crippen LogP contribution in [0.3, 0.4) is 0 Å². The highest BCUT2D eigenvalue weighted by Gasteiger charge is 2.31. The number of nitro groups is 1. The van der Waals surface area contributed by atoms with E-state index in [2.05, 4.69) is 27.6 Å². The van der Waals surface area contributed by atoms with Crippen LogP contribution in [0, 0.1) is 10.1 Å². The van der Waals surface area contributed by atoms with Gasteiger partial charge in [0.05, 0.1) is 21.5 Å². The lowest BCUT2D eigenvalue weighted by Crippen LogP contribution is -2.37. The van der Waals surface area contributed by atoms with Gasteiger partial charge in [-0.1, -0.05) is 42.5 Å². The molecule has 0 aliphatic carbocycles. The van der Waals surface area contributed by atoms with Gasteiger partial charge in [0, 0.05) is 23.9 Å². The first-order chi connectivity index (χ1) is 12.2. The summed E-state index contributed by atoms with van der Waals surface area (Å²) in [7, 11) is 0. The summed E-state index contributed by atoms with van der Waals surface area (Å²) in [6.07, 6.45) is 0.668. The number of benzene rings is 2. The molecule has 2 aromatic carbocycles. The number of hydrogen-bond donors (Lipinski definition) is 1. The fourth-order valence-electron chi connectivity index (χ4n) is 2.87. The summed E-state index contributed by atoms with van der Waals surface area (Å²) in [4.78, 5) is 14.7. The quantitative estimate of drug-likeness (QED) is 0.360. The van der Waals surface area contributed by atoms with Gasteiger partial charge < -0.3 is 0 Å². The van der Waals surface area contributed by atoms with Gasteiger partial charge in [-0.05, 0) is 29.8 Å². The molecule has 0 radical (unpaired) electrons. The third kappa shape index (κ3) is 4.52. The molecule has 7 heteroatoms. The van der Waals surface area contributed by atoms with Crippen LogP contribution < -0.4 is 5.32 Å². The molecule has 1 N–H and O–H groups in total. The molecule has 3 atom stereocenters. The Labute approximate surface area is 155 Å². The van der Waals surface area contributed by atoms with E-state index in [1.165, 1.54) is 17.7 Å². The first-order valence-corrected chi connectivity index (χ1v) is 9.36. The van der Waals surface area contributed by atoms with Gasteiger partial charge in [-0.2, -0.15) is 0 Å². The van der Waals surface area contributed by atoms with Gasteiger partial charge in [-0.25, -0.2) is 4.99 Å². The Hall–Kier alpha value is -2.05. The number of aliphatic imine (C=N–C) groups is 1. The van der Waals surface area contributed by atoms with E-state index in [0.29, 0.717) is 6.42 Å². The molecule has 1 heterocycles. The topological polar surface area (TPSA) is 67.5 Å². The molecule has 1 fully saturated rings. The number of nitro benzene ring substituents is 1. The monoisotopic (exact) mass is 371 g/mol. The molecule has 0 saturated carbocycles. The van der Waals surface area contributed by atoms with Crippen LogP contribution in [0.2, 0.25) is 0 Å². The molecule has 1 saturated heterocycles. The Morgan fingerprint density at radius 3 is 2.64 bits per heavy atom. The van der Waals surface area contributed by atoms with E-state index >= 15 is 0 Å². The Bertz CT molecular complexity index is 777. The normalized spacial score (nSPS) is 20.6. The van der Waals surface area contributed by atoms with Crippen molar-refractivity contribution in [3.63, 3.8) is 0 Å². The van der Waals surface area contributed by atoms with Crippen molar-refractivity contribution in [2.75, 3.05) is 5.75 Å². The maximum atomic E-state index is 10.8. The van der Waals surface area contributed by atoms with E-state index in [9.17, 15) is 10.1 Å². The number of nitrogens with zero attached hydrogens (tertiary/aromatic N) is 2. The Morgan fingerprint density at radius 2 is 2.00 bits per heavy atom. The lowest BCUT2D eigenvalue weighted by Gasteiger charge is -2.20. The minimum Gasteiger partial charge on any atom is -0.296 e. The maximum absolute atomic E-state index is 10.8. The van der Waals surface area contributed by atoms with E-state index < -0.39 is 4.92 Å². The average molecular weight is 371 g/mol. The van der Waals surface area contributed by atoms with E-state index in [1.54, 1.807) is 12.1 Å². The van der Waals surface area contributed by atoms with Gasteiger partial charge >= 0.3 is 0 Å². The largest absolute Gasteiger partial charge is 0.296 e. The number of isothiocyanates is 1. The lowest BCUT2D eigenvalue weighted by atomic mass is 10.0. The summed E-state index contributed by atoms with van der Waals surface area (Å²) in [5, 5.41) is 17.1. The first kappa shape index (κ1) is 17.8. The van der Waals surface area contributed by atoms with E-state index in [-0.39, 0.29) is 23.1 Å². The second-order valence-corrected chi connectivity index (χ2v) is 7.13. The van der Waals surface area contributed by atoms with Gasteiger partial charge in [0.25, 0.3) is 5.69 Å². The number of hydrogen-bond acceptors (Lipinski definition) is 6. The number of thiocarbonyl (C=S) groups is 1. The third-order valence-corrected chi connectivity index (χ3v) is 5.58. The molecule has 0 aromatic heterocycles. The van der Waals surface area contributed by atoms with Gasteiger partial charge in [-0.15, -0.1) is 11.8 Å². The Kier molecular flexibility index (Phi) is 5.94. The highest BCUT2D eigenvalue weighted by Crippen LogP contribution is 2.34. The zero-order chi connectivity index (χ0) is 17.6.